The van der Waals surface area contributed by atoms with Crippen LogP contribution in [0.2, 0.25) is 0 Å². The molecule has 0 spiro atoms. The molecule has 0 N–H and O–H groups in total. The van der Waals surface area contributed by atoms with E-state index in [4.69, 9.17) is 0 Å². The number of pyridine rings is 2. The summed E-state index contributed by atoms with van der Waals surface area (Å²) in [4.78, 5) is 26.0. The molecule has 0 bridgehead atoms. The lowest BCUT2D eigenvalue weighted by atomic mass is 9.99. The summed E-state index contributed by atoms with van der Waals surface area (Å²) in [6, 6.07) is 3.95. The number of aryl methyl sites for hydroxylation is 2. The van der Waals surface area contributed by atoms with Gasteiger partial charge in [0.25, 0.3) is 0 Å². The molecule has 0 unspecified atom stereocenters. The van der Waals surface area contributed by atoms with E-state index in [2.05, 4.69) is 21.9 Å². The number of hydrogen-bond acceptors (Lipinski definition) is 5. The van der Waals surface area contributed by atoms with Crippen molar-refractivity contribution < 1.29 is 4.79 Å². The maximum atomic E-state index is 13.0. The largest absolute Gasteiger partial charge is 0.306 e. The molecule has 4 heterocycles. The average Bonchev–Trinajstić information content (AvgIpc) is 3.29. The highest BCUT2D eigenvalue weighted by Crippen LogP contribution is 2.26. The molecule has 0 amide bonds. The number of Topliss-reactive ketones (excluding diaryl/α,β-unsaturated/α-hetero) is 1. The molecule has 26 heavy (non-hydrogen) atoms. The second kappa shape index (κ2) is 6.80. The van der Waals surface area contributed by atoms with Crippen molar-refractivity contribution in [2.45, 2.75) is 26.7 Å². The summed E-state index contributed by atoms with van der Waals surface area (Å²) in [6.45, 7) is 4.05. The number of rotatable bonds is 5. The number of ketones is 1. The third-order valence-corrected chi connectivity index (χ3v) is 5.34. The van der Waals surface area contributed by atoms with Gasteiger partial charge in [-0.3, -0.25) is 9.78 Å². The first-order valence-corrected chi connectivity index (χ1v) is 9.38. The molecule has 0 aromatic carbocycles. The Morgan fingerprint density at radius 2 is 2.19 bits per heavy atom. The van der Waals surface area contributed by atoms with E-state index in [1.807, 2.05) is 47.4 Å². The molecule has 0 saturated carbocycles. The quantitative estimate of drug-likeness (QED) is 0.501. The minimum atomic E-state index is 0.0272. The van der Waals surface area contributed by atoms with Gasteiger partial charge < -0.3 is 4.40 Å². The van der Waals surface area contributed by atoms with Crippen LogP contribution >= 0.6 is 11.3 Å². The minimum absolute atomic E-state index is 0.0272. The molecular weight excluding hydrogens is 344 g/mol. The summed E-state index contributed by atoms with van der Waals surface area (Å²) >= 11 is 1.52. The van der Waals surface area contributed by atoms with Crippen LogP contribution in [0, 0.1) is 6.92 Å². The van der Waals surface area contributed by atoms with Crippen LogP contribution in [0.25, 0.3) is 16.8 Å². The molecule has 0 atom stereocenters. The predicted octanol–water partition coefficient (Wildman–Crippen LogP) is 4.15. The van der Waals surface area contributed by atoms with Crippen LogP contribution in [0.3, 0.4) is 0 Å². The topological polar surface area (TPSA) is 60.2 Å². The zero-order chi connectivity index (χ0) is 18.1. The van der Waals surface area contributed by atoms with Gasteiger partial charge in [0.15, 0.2) is 5.78 Å². The summed E-state index contributed by atoms with van der Waals surface area (Å²) in [5, 5.41) is 2.80. The van der Waals surface area contributed by atoms with E-state index in [1.54, 1.807) is 12.4 Å². The first-order valence-electron chi connectivity index (χ1n) is 8.50. The molecule has 4 rings (SSSR count). The molecule has 0 aliphatic carbocycles. The van der Waals surface area contributed by atoms with Gasteiger partial charge >= 0.3 is 0 Å². The van der Waals surface area contributed by atoms with Crippen LogP contribution in [-0.4, -0.2) is 25.1 Å². The lowest BCUT2D eigenvalue weighted by Gasteiger charge is -2.10. The Morgan fingerprint density at radius 3 is 2.96 bits per heavy atom. The lowest BCUT2D eigenvalue weighted by Crippen LogP contribution is -2.07. The Morgan fingerprint density at radius 1 is 1.31 bits per heavy atom. The number of hydrogen-bond donors (Lipinski definition) is 0. The van der Waals surface area contributed by atoms with Gasteiger partial charge in [0, 0.05) is 53.2 Å². The number of imidazole rings is 1. The Bertz CT molecular complexity index is 1100. The third kappa shape index (κ3) is 3.04. The van der Waals surface area contributed by atoms with Crippen molar-refractivity contribution in [1.29, 1.82) is 0 Å². The van der Waals surface area contributed by atoms with Crippen molar-refractivity contribution in [2.75, 3.05) is 0 Å². The van der Waals surface area contributed by atoms with E-state index in [0.29, 0.717) is 11.2 Å². The smallest absolute Gasteiger partial charge is 0.173 e. The average molecular weight is 362 g/mol. The highest BCUT2D eigenvalue weighted by Gasteiger charge is 2.17. The van der Waals surface area contributed by atoms with E-state index in [9.17, 15) is 4.79 Å². The first-order chi connectivity index (χ1) is 12.7. The van der Waals surface area contributed by atoms with Gasteiger partial charge in [-0.15, -0.1) is 11.3 Å². The van der Waals surface area contributed by atoms with Gasteiger partial charge in [0.1, 0.15) is 10.7 Å². The van der Waals surface area contributed by atoms with Crippen LogP contribution in [0.15, 0.2) is 48.5 Å². The number of aromatic nitrogens is 4. The molecule has 4 aromatic rings. The molecule has 0 aliphatic rings. The van der Waals surface area contributed by atoms with E-state index in [1.165, 1.54) is 16.9 Å². The van der Waals surface area contributed by atoms with Crippen LogP contribution in [0.5, 0.6) is 0 Å². The summed E-state index contributed by atoms with van der Waals surface area (Å²) in [5.74, 6) is 0.0272. The highest BCUT2D eigenvalue weighted by atomic mass is 32.1. The molecule has 4 aromatic heterocycles. The third-order valence-electron chi connectivity index (χ3n) is 4.37. The van der Waals surface area contributed by atoms with E-state index in [0.717, 1.165) is 28.2 Å². The van der Waals surface area contributed by atoms with E-state index in [-0.39, 0.29) is 12.2 Å². The minimum Gasteiger partial charge on any atom is -0.306 e. The summed E-state index contributed by atoms with van der Waals surface area (Å²) in [6.07, 6.45) is 10.4. The van der Waals surface area contributed by atoms with Crippen molar-refractivity contribution in [3.05, 3.63) is 70.3 Å². The fourth-order valence-corrected chi connectivity index (χ4v) is 3.86. The molecule has 0 aliphatic heterocycles. The Hall–Kier alpha value is -2.86. The van der Waals surface area contributed by atoms with Crippen molar-refractivity contribution in [2.24, 2.45) is 0 Å². The number of thiazole rings is 1. The van der Waals surface area contributed by atoms with Gasteiger partial charge in [0.2, 0.25) is 0 Å². The molecule has 0 saturated heterocycles. The van der Waals surface area contributed by atoms with E-state index >= 15 is 0 Å². The van der Waals surface area contributed by atoms with Crippen LogP contribution < -0.4 is 0 Å². The summed E-state index contributed by atoms with van der Waals surface area (Å²) in [5.41, 5.74) is 5.46. The summed E-state index contributed by atoms with van der Waals surface area (Å²) < 4.78 is 1.90. The maximum absolute atomic E-state index is 13.0. The zero-order valence-electron chi connectivity index (χ0n) is 14.6. The van der Waals surface area contributed by atoms with Crippen LogP contribution in [0.1, 0.15) is 33.5 Å². The van der Waals surface area contributed by atoms with Crippen molar-refractivity contribution >= 4 is 22.8 Å². The number of carbonyl (C=O) groups is 1. The number of nitrogens with zero attached hydrogens (tertiary/aromatic N) is 4. The number of carbonyl (C=O) groups excluding carboxylic acids is 1. The maximum Gasteiger partial charge on any atom is 0.173 e. The van der Waals surface area contributed by atoms with Crippen LogP contribution in [0.4, 0.5) is 0 Å². The van der Waals surface area contributed by atoms with Crippen molar-refractivity contribution in [3.63, 3.8) is 0 Å². The second-order valence-corrected chi connectivity index (χ2v) is 7.11. The number of fused-ring (bicyclic) bond motifs is 1. The molecule has 0 fully saturated rings. The molecule has 130 valence electrons. The molecule has 5 nitrogen and oxygen atoms in total. The zero-order valence-corrected chi connectivity index (χ0v) is 15.5. The van der Waals surface area contributed by atoms with Gasteiger partial charge in [0.05, 0.1) is 12.0 Å². The monoisotopic (exact) mass is 362 g/mol. The van der Waals surface area contributed by atoms with Gasteiger partial charge in [-0.1, -0.05) is 6.92 Å². The second-order valence-electron chi connectivity index (χ2n) is 6.17. The van der Waals surface area contributed by atoms with Gasteiger partial charge in [-0.2, -0.15) is 0 Å². The molecule has 6 heteroatoms. The Labute approximate surface area is 155 Å². The lowest BCUT2D eigenvalue weighted by molar-refractivity contribution is 0.0994. The van der Waals surface area contributed by atoms with Crippen LogP contribution in [-0.2, 0) is 12.8 Å². The van der Waals surface area contributed by atoms with Crippen molar-refractivity contribution in [1.82, 2.24) is 19.4 Å². The molecular formula is C20H18N4OS. The fraction of sp³-hybridized carbons (Fsp3) is 0.200. The van der Waals surface area contributed by atoms with Crippen molar-refractivity contribution in [3.8, 4) is 11.1 Å². The SMILES string of the molecule is CCc1ccncc1-c1cc(C(=O)Cc2nc(C)cs2)c2nccn2c1. The normalized spacial score (nSPS) is 11.2. The molecule has 0 radical (unpaired) electrons. The Balaban J connectivity index is 1.81. The predicted molar refractivity (Wildman–Crippen MR) is 103 cm³/mol. The summed E-state index contributed by atoms with van der Waals surface area (Å²) in [7, 11) is 0. The van der Waals surface area contributed by atoms with E-state index < -0.39 is 0 Å². The van der Waals surface area contributed by atoms with Gasteiger partial charge in [-0.05, 0) is 31.0 Å². The Kier molecular flexibility index (Phi) is 4.34. The first kappa shape index (κ1) is 16.6. The van der Waals surface area contributed by atoms with Gasteiger partial charge in [-0.25, -0.2) is 9.97 Å². The standard InChI is InChI=1S/C20H18N4OS/c1-3-14-4-5-21-10-17(14)15-8-16(20-22-6-7-24(20)11-15)18(25)9-19-23-13(2)12-26-19/h4-8,10-12H,3,9H2,1-2H3. The fourth-order valence-electron chi connectivity index (χ4n) is 3.09. The highest BCUT2D eigenvalue weighted by molar-refractivity contribution is 7.09.